The average molecular weight is 360 g/mol. The molecule has 0 radical (unpaired) electrons. The minimum absolute atomic E-state index is 0.251. The summed E-state index contributed by atoms with van der Waals surface area (Å²) in [5.74, 6) is 0. The maximum absolute atomic E-state index is 12.1. The Labute approximate surface area is 157 Å². The summed E-state index contributed by atoms with van der Waals surface area (Å²) in [5, 5.41) is 17.3. The van der Waals surface area contributed by atoms with E-state index in [1.54, 1.807) is 36.4 Å². The van der Waals surface area contributed by atoms with E-state index in [-0.39, 0.29) is 5.71 Å². The molecule has 0 bridgehead atoms. The SMILES string of the molecule is Cc1ccc(NC(=O)O/N=C(/c2ccccc2)[C@@H](O)c2ccccc2)cc1. The first kappa shape index (κ1) is 18.4. The fourth-order valence-electron chi connectivity index (χ4n) is 2.53. The fraction of sp³-hybridized carbons (Fsp3) is 0.0909. The Morgan fingerprint density at radius 1 is 0.926 bits per heavy atom. The van der Waals surface area contributed by atoms with Crippen molar-refractivity contribution in [2.45, 2.75) is 13.0 Å². The maximum Gasteiger partial charge on any atom is 0.437 e. The van der Waals surface area contributed by atoms with Gasteiger partial charge in [-0.25, -0.2) is 4.79 Å². The molecule has 0 fully saturated rings. The van der Waals surface area contributed by atoms with Gasteiger partial charge in [0.05, 0.1) is 0 Å². The standard InChI is InChI=1S/C22H20N2O3/c1-16-12-14-19(15-13-16)23-22(26)27-24-20(17-8-4-2-5-9-17)21(25)18-10-6-3-7-11-18/h2-15,21,25H,1H3,(H,23,26)/b24-20-/t21-/m0/s1. The normalized spacial score (nSPS) is 12.3. The van der Waals surface area contributed by atoms with Gasteiger partial charge in [-0.3, -0.25) is 10.2 Å². The molecule has 1 atom stereocenters. The summed E-state index contributed by atoms with van der Waals surface area (Å²) < 4.78 is 0. The van der Waals surface area contributed by atoms with E-state index in [0.717, 1.165) is 5.56 Å². The highest BCUT2D eigenvalue weighted by Crippen LogP contribution is 2.19. The topological polar surface area (TPSA) is 70.9 Å². The van der Waals surface area contributed by atoms with Crippen molar-refractivity contribution in [1.82, 2.24) is 0 Å². The molecule has 3 aromatic rings. The molecule has 27 heavy (non-hydrogen) atoms. The van der Waals surface area contributed by atoms with Crippen LogP contribution in [-0.2, 0) is 4.84 Å². The lowest BCUT2D eigenvalue weighted by atomic mass is 9.99. The van der Waals surface area contributed by atoms with E-state index in [4.69, 9.17) is 4.84 Å². The predicted octanol–water partition coefficient (Wildman–Crippen LogP) is 4.68. The lowest BCUT2D eigenvalue weighted by Crippen LogP contribution is -2.17. The molecule has 2 N–H and O–H groups in total. The molecule has 0 aromatic heterocycles. The molecule has 0 aliphatic carbocycles. The Kier molecular flexibility index (Phi) is 5.97. The van der Waals surface area contributed by atoms with Crippen LogP contribution in [0.25, 0.3) is 0 Å². The van der Waals surface area contributed by atoms with Crippen LogP contribution in [0.15, 0.2) is 90.1 Å². The van der Waals surface area contributed by atoms with Gasteiger partial charge in [0.25, 0.3) is 0 Å². The summed E-state index contributed by atoms with van der Waals surface area (Å²) >= 11 is 0. The Bertz CT molecular complexity index is 907. The Morgan fingerprint density at radius 3 is 2.15 bits per heavy atom. The van der Waals surface area contributed by atoms with Crippen LogP contribution in [0.5, 0.6) is 0 Å². The van der Waals surface area contributed by atoms with Crippen LogP contribution in [0.3, 0.4) is 0 Å². The summed E-state index contributed by atoms with van der Waals surface area (Å²) in [6.45, 7) is 1.96. The van der Waals surface area contributed by atoms with Crippen LogP contribution < -0.4 is 5.32 Å². The molecule has 0 saturated carbocycles. The Balaban J connectivity index is 1.80. The quantitative estimate of drug-likeness (QED) is 0.394. The van der Waals surface area contributed by atoms with Crippen molar-refractivity contribution in [3.8, 4) is 0 Å². The van der Waals surface area contributed by atoms with Gasteiger partial charge in [0.2, 0.25) is 0 Å². The molecule has 0 heterocycles. The predicted molar refractivity (Wildman–Crippen MR) is 106 cm³/mol. The van der Waals surface area contributed by atoms with Crippen LogP contribution in [0.2, 0.25) is 0 Å². The molecule has 0 aliphatic heterocycles. The van der Waals surface area contributed by atoms with Crippen molar-refractivity contribution in [2.75, 3.05) is 5.32 Å². The number of aliphatic hydroxyl groups is 1. The van der Waals surface area contributed by atoms with Crippen LogP contribution in [-0.4, -0.2) is 16.9 Å². The second-order valence-corrected chi connectivity index (χ2v) is 6.03. The zero-order valence-electron chi connectivity index (χ0n) is 14.9. The van der Waals surface area contributed by atoms with Gasteiger partial charge in [0, 0.05) is 11.3 Å². The van der Waals surface area contributed by atoms with Crippen molar-refractivity contribution in [3.05, 3.63) is 102 Å². The Morgan fingerprint density at radius 2 is 1.52 bits per heavy atom. The number of aryl methyl sites for hydroxylation is 1. The van der Waals surface area contributed by atoms with Crippen LogP contribution in [0.4, 0.5) is 10.5 Å². The van der Waals surface area contributed by atoms with Crippen molar-refractivity contribution in [2.24, 2.45) is 5.16 Å². The summed E-state index contributed by atoms with van der Waals surface area (Å²) in [5.41, 5.74) is 3.26. The number of hydrogen-bond donors (Lipinski definition) is 2. The van der Waals surface area contributed by atoms with Gasteiger partial charge < -0.3 is 5.11 Å². The number of nitrogens with one attached hydrogen (secondary N) is 1. The smallest absolute Gasteiger partial charge is 0.382 e. The number of nitrogens with zero attached hydrogens (tertiary/aromatic N) is 1. The van der Waals surface area contributed by atoms with Crippen LogP contribution >= 0.6 is 0 Å². The van der Waals surface area contributed by atoms with Crippen molar-refractivity contribution >= 4 is 17.5 Å². The minimum atomic E-state index is -1.03. The van der Waals surface area contributed by atoms with Crippen LogP contribution in [0.1, 0.15) is 22.8 Å². The monoisotopic (exact) mass is 360 g/mol. The number of carbonyl (C=O) groups is 1. The number of amides is 1. The van der Waals surface area contributed by atoms with Gasteiger partial charge in [-0.15, -0.1) is 0 Å². The molecular weight excluding hydrogens is 340 g/mol. The first-order chi connectivity index (χ1) is 13.1. The molecule has 136 valence electrons. The third-order valence-corrected chi connectivity index (χ3v) is 3.97. The molecule has 0 saturated heterocycles. The molecule has 1 amide bonds. The lowest BCUT2D eigenvalue weighted by molar-refractivity contribution is 0.163. The minimum Gasteiger partial charge on any atom is -0.382 e. The number of benzene rings is 3. The number of anilines is 1. The molecule has 5 heteroatoms. The van der Waals surface area contributed by atoms with Crippen LogP contribution in [0, 0.1) is 6.92 Å². The van der Waals surface area contributed by atoms with Crippen molar-refractivity contribution in [1.29, 1.82) is 0 Å². The van der Waals surface area contributed by atoms with E-state index in [2.05, 4.69) is 10.5 Å². The molecular formula is C22H20N2O3. The molecule has 0 aliphatic rings. The number of carbonyl (C=O) groups excluding carboxylic acids is 1. The van der Waals surface area contributed by atoms with E-state index in [1.807, 2.05) is 55.5 Å². The van der Waals surface area contributed by atoms with Gasteiger partial charge in [0.15, 0.2) is 0 Å². The molecule has 0 spiro atoms. The summed E-state index contributed by atoms with van der Waals surface area (Å²) in [6, 6.07) is 25.5. The molecule has 3 rings (SSSR count). The second kappa shape index (κ2) is 8.78. The highest BCUT2D eigenvalue weighted by molar-refractivity contribution is 6.04. The number of hydrogen-bond acceptors (Lipinski definition) is 4. The van der Waals surface area contributed by atoms with Gasteiger partial charge in [0.1, 0.15) is 11.8 Å². The van der Waals surface area contributed by atoms with Gasteiger partial charge >= 0.3 is 6.09 Å². The van der Waals surface area contributed by atoms with E-state index in [1.165, 1.54) is 0 Å². The lowest BCUT2D eigenvalue weighted by Gasteiger charge is -2.14. The van der Waals surface area contributed by atoms with E-state index in [0.29, 0.717) is 16.8 Å². The second-order valence-electron chi connectivity index (χ2n) is 6.03. The third-order valence-electron chi connectivity index (χ3n) is 3.97. The zero-order valence-corrected chi connectivity index (χ0v) is 14.9. The number of aliphatic hydroxyl groups excluding tert-OH is 1. The van der Waals surface area contributed by atoms with E-state index in [9.17, 15) is 9.90 Å². The summed E-state index contributed by atoms with van der Waals surface area (Å²) in [4.78, 5) is 17.1. The van der Waals surface area contributed by atoms with Gasteiger partial charge in [-0.1, -0.05) is 83.5 Å². The largest absolute Gasteiger partial charge is 0.437 e. The number of rotatable bonds is 5. The molecule has 0 unspecified atom stereocenters. The zero-order chi connectivity index (χ0) is 19.1. The van der Waals surface area contributed by atoms with Gasteiger partial charge in [-0.05, 0) is 24.6 Å². The van der Waals surface area contributed by atoms with E-state index >= 15 is 0 Å². The molecule has 3 aromatic carbocycles. The highest BCUT2D eigenvalue weighted by atomic mass is 16.7. The highest BCUT2D eigenvalue weighted by Gasteiger charge is 2.18. The first-order valence-corrected chi connectivity index (χ1v) is 8.54. The number of oxime groups is 1. The van der Waals surface area contributed by atoms with E-state index < -0.39 is 12.2 Å². The summed E-state index contributed by atoms with van der Waals surface area (Å²) in [6.07, 6.45) is -1.76. The van der Waals surface area contributed by atoms with Gasteiger partial charge in [-0.2, -0.15) is 0 Å². The van der Waals surface area contributed by atoms with Crippen molar-refractivity contribution < 1.29 is 14.7 Å². The maximum atomic E-state index is 12.1. The Hall–Kier alpha value is -3.44. The molecule has 5 nitrogen and oxygen atoms in total. The first-order valence-electron chi connectivity index (χ1n) is 8.54. The fourth-order valence-corrected chi connectivity index (χ4v) is 2.53. The van der Waals surface area contributed by atoms with Crippen molar-refractivity contribution in [3.63, 3.8) is 0 Å². The third kappa shape index (κ3) is 5.03. The summed E-state index contributed by atoms with van der Waals surface area (Å²) in [7, 11) is 0. The average Bonchev–Trinajstić information content (AvgIpc) is 2.71.